The Morgan fingerprint density at radius 2 is 2.12 bits per heavy atom. The average molecular weight is 231 g/mol. The minimum Gasteiger partial charge on any atom is -0.492 e. The number of aromatic amines is 1. The molecule has 0 saturated carbocycles. The summed E-state index contributed by atoms with van der Waals surface area (Å²) in [5, 5.41) is 10.2. The average Bonchev–Trinajstić information content (AvgIpc) is 2.76. The lowest BCUT2D eigenvalue weighted by Crippen LogP contribution is -2.20. The highest BCUT2D eigenvalue weighted by molar-refractivity contribution is 5.20. The van der Waals surface area contributed by atoms with Crippen LogP contribution in [0.5, 0.6) is 5.75 Å². The van der Waals surface area contributed by atoms with Crippen LogP contribution in [0.15, 0.2) is 36.5 Å². The second-order valence-corrected chi connectivity index (χ2v) is 3.86. The van der Waals surface area contributed by atoms with Crippen molar-refractivity contribution in [3.63, 3.8) is 0 Å². The molecule has 90 valence electrons. The summed E-state index contributed by atoms with van der Waals surface area (Å²) in [5.74, 6) is 0.911. The molecule has 0 unspecified atom stereocenters. The quantitative estimate of drug-likeness (QED) is 0.746. The summed E-state index contributed by atoms with van der Waals surface area (Å²) in [6, 6.07) is 9.84. The number of nitrogens with zero attached hydrogens (tertiary/aromatic N) is 1. The maximum Gasteiger partial charge on any atom is 0.119 e. The van der Waals surface area contributed by atoms with Gasteiger partial charge in [-0.05, 0) is 19.1 Å². The van der Waals surface area contributed by atoms with E-state index < -0.39 is 0 Å². The van der Waals surface area contributed by atoms with Crippen molar-refractivity contribution in [2.45, 2.75) is 13.5 Å². The lowest BCUT2D eigenvalue weighted by Gasteiger charge is -2.06. The normalized spacial score (nSPS) is 10.4. The van der Waals surface area contributed by atoms with E-state index in [1.165, 1.54) is 5.56 Å². The molecule has 0 aliphatic carbocycles. The zero-order valence-corrected chi connectivity index (χ0v) is 9.94. The third kappa shape index (κ3) is 3.60. The van der Waals surface area contributed by atoms with Gasteiger partial charge in [-0.25, -0.2) is 0 Å². The van der Waals surface area contributed by atoms with E-state index >= 15 is 0 Å². The molecule has 0 radical (unpaired) electrons. The van der Waals surface area contributed by atoms with E-state index in [2.05, 4.69) is 15.5 Å². The summed E-state index contributed by atoms with van der Waals surface area (Å²) in [5.41, 5.74) is 2.31. The Morgan fingerprint density at radius 3 is 2.82 bits per heavy atom. The maximum absolute atomic E-state index is 5.57. The van der Waals surface area contributed by atoms with Crippen molar-refractivity contribution in [3.05, 3.63) is 47.8 Å². The van der Waals surface area contributed by atoms with Gasteiger partial charge in [-0.1, -0.05) is 18.2 Å². The van der Waals surface area contributed by atoms with Crippen molar-refractivity contribution >= 4 is 0 Å². The summed E-state index contributed by atoms with van der Waals surface area (Å²) < 4.78 is 5.57. The van der Waals surface area contributed by atoms with Crippen LogP contribution in [0.3, 0.4) is 0 Å². The molecule has 0 bridgehead atoms. The second kappa shape index (κ2) is 6.06. The van der Waals surface area contributed by atoms with E-state index in [9.17, 15) is 0 Å². The number of aromatic nitrogens is 2. The summed E-state index contributed by atoms with van der Waals surface area (Å²) in [4.78, 5) is 0. The lowest BCUT2D eigenvalue weighted by atomic mass is 10.3. The molecule has 1 heterocycles. The van der Waals surface area contributed by atoms with Gasteiger partial charge in [-0.3, -0.25) is 5.10 Å². The van der Waals surface area contributed by atoms with Crippen LogP contribution in [-0.4, -0.2) is 23.3 Å². The summed E-state index contributed by atoms with van der Waals surface area (Å²) in [6.45, 7) is 4.32. The van der Waals surface area contributed by atoms with Gasteiger partial charge in [-0.2, -0.15) is 5.10 Å². The van der Waals surface area contributed by atoms with Crippen molar-refractivity contribution in [3.8, 4) is 5.75 Å². The Hall–Kier alpha value is -1.81. The van der Waals surface area contributed by atoms with E-state index in [1.54, 1.807) is 0 Å². The Kier molecular flexibility index (Phi) is 4.16. The smallest absolute Gasteiger partial charge is 0.119 e. The van der Waals surface area contributed by atoms with Gasteiger partial charge in [0.2, 0.25) is 0 Å². The fourth-order valence-corrected chi connectivity index (χ4v) is 1.53. The minimum atomic E-state index is 0.668. The van der Waals surface area contributed by atoms with Crippen molar-refractivity contribution in [1.82, 2.24) is 15.5 Å². The zero-order chi connectivity index (χ0) is 11.9. The summed E-state index contributed by atoms with van der Waals surface area (Å²) >= 11 is 0. The number of benzene rings is 1. The highest BCUT2D eigenvalue weighted by Gasteiger charge is 1.98. The summed E-state index contributed by atoms with van der Waals surface area (Å²) in [7, 11) is 0. The Labute approximate surface area is 101 Å². The van der Waals surface area contributed by atoms with Crippen molar-refractivity contribution < 1.29 is 4.74 Å². The van der Waals surface area contributed by atoms with Crippen LogP contribution >= 0.6 is 0 Å². The number of para-hydroxylation sites is 1. The lowest BCUT2D eigenvalue weighted by molar-refractivity contribution is 0.313. The number of nitrogens with one attached hydrogen (secondary N) is 2. The first kappa shape index (κ1) is 11.7. The molecular formula is C13H17N3O. The molecule has 2 aromatic rings. The van der Waals surface area contributed by atoms with Crippen LogP contribution in [0.1, 0.15) is 11.3 Å². The van der Waals surface area contributed by atoms with Gasteiger partial charge >= 0.3 is 0 Å². The third-order valence-corrected chi connectivity index (χ3v) is 2.54. The van der Waals surface area contributed by atoms with Gasteiger partial charge in [0.25, 0.3) is 0 Å². The molecule has 0 saturated heterocycles. The first-order valence-corrected chi connectivity index (χ1v) is 5.73. The van der Waals surface area contributed by atoms with E-state index in [4.69, 9.17) is 4.74 Å². The highest BCUT2D eigenvalue weighted by Crippen LogP contribution is 2.07. The SMILES string of the molecule is Cc1[nH]ncc1CNCCOc1ccccc1. The fraction of sp³-hybridized carbons (Fsp3) is 0.308. The predicted molar refractivity (Wildman–Crippen MR) is 67.0 cm³/mol. The Morgan fingerprint density at radius 1 is 1.29 bits per heavy atom. The standard InChI is InChI=1S/C13H17N3O/c1-11-12(10-15-16-11)9-14-7-8-17-13-5-3-2-4-6-13/h2-6,10,14H,7-9H2,1H3,(H,15,16). The van der Waals surface area contributed by atoms with Crippen LogP contribution in [0, 0.1) is 6.92 Å². The molecule has 1 aromatic heterocycles. The fourth-order valence-electron chi connectivity index (χ4n) is 1.53. The molecule has 17 heavy (non-hydrogen) atoms. The van der Waals surface area contributed by atoms with Crippen LogP contribution in [0.2, 0.25) is 0 Å². The molecule has 4 heteroatoms. The van der Waals surface area contributed by atoms with Gasteiger partial charge in [0.15, 0.2) is 0 Å². The summed E-state index contributed by atoms with van der Waals surface area (Å²) in [6.07, 6.45) is 1.85. The first-order chi connectivity index (χ1) is 8.36. The number of hydrogen-bond acceptors (Lipinski definition) is 3. The first-order valence-electron chi connectivity index (χ1n) is 5.73. The Bertz CT molecular complexity index is 439. The van der Waals surface area contributed by atoms with Crippen LogP contribution in [0.4, 0.5) is 0 Å². The molecule has 0 fully saturated rings. The van der Waals surface area contributed by atoms with Crippen LogP contribution in [-0.2, 0) is 6.54 Å². The number of rotatable bonds is 6. The zero-order valence-electron chi connectivity index (χ0n) is 9.94. The van der Waals surface area contributed by atoms with Crippen molar-refractivity contribution in [1.29, 1.82) is 0 Å². The van der Waals surface area contributed by atoms with Gasteiger partial charge in [0.05, 0.1) is 6.20 Å². The van der Waals surface area contributed by atoms with Gasteiger partial charge in [0, 0.05) is 24.3 Å². The molecule has 4 nitrogen and oxygen atoms in total. The Balaban J connectivity index is 1.63. The molecular weight excluding hydrogens is 214 g/mol. The molecule has 0 spiro atoms. The van der Waals surface area contributed by atoms with E-state index in [1.807, 2.05) is 43.5 Å². The highest BCUT2D eigenvalue weighted by atomic mass is 16.5. The molecule has 0 aliphatic rings. The van der Waals surface area contributed by atoms with E-state index in [-0.39, 0.29) is 0 Å². The van der Waals surface area contributed by atoms with Gasteiger partial charge in [0.1, 0.15) is 12.4 Å². The number of aryl methyl sites for hydroxylation is 1. The minimum absolute atomic E-state index is 0.668. The molecule has 2 rings (SSSR count). The topological polar surface area (TPSA) is 49.9 Å². The van der Waals surface area contributed by atoms with Gasteiger partial charge in [-0.15, -0.1) is 0 Å². The van der Waals surface area contributed by atoms with Crippen LogP contribution < -0.4 is 10.1 Å². The van der Waals surface area contributed by atoms with E-state index in [0.29, 0.717) is 6.61 Å². The molecule has 1 aromatic carbocycles. The molecule has 0 aliphatic heterocycles. The monoisotopic (exact) mass is 231 g/mol. The number of H-pyrrole nitrogens is 1. The van der Waals surface area contributed by atoms with Crippen molar-refractivity contribution in [2.24, 2.45) is 0 Å². The number of hydrogen-bond donors (Lipinski definition) is 2. The van der Waals surface area contributed by atoms with Gasteiger partial charge < -0.3 is 10.1 Å². The number of ether oxygens (including phenoxy) is 1. The van der Waals surface area contributed by atoms with E-state index in [0.717, 1.165) is 24.5 Å². The van der Waals surface area contributed by atoms with Crippen molar-refractivity contribution in [2.75, 3.05) is 13.2 Å². The second-order valence-electron chi connectivity index (χ2n) is 3.86. The largest absolute Gasteiger partial charge is 0.492 e. The molecule has 2 N–H and O–H groups in total. The molecule has 0 atom stereocenters. The molecule has 0 amide bonds. The third-order valence-electron chi connectivity index (χ3n) is 2.54. The van der Waals surface area contributed by atoms with Crippen LogP contribution in [0.25, 0.3) is 0 Å². The maximum atomic E-state index is 5.57. The predicted octanol–water partition coefficient (Wildman–Crippen LogP) is 1.89.